The zero-order chi connectivity index (χ0) is 38.5. The minimum absolute atomic E-state index is 0.697. The molecule has 0 aliphatic heterocycles. The second-order valence-corrected chi connectivity index (χ2v) is 17.7. The lowest BCUT2D eigenvalue weighted by Gasteiger charge is -2.33. The number of hydrazine groups is 1. The van der Waals surface area contributed by atoms with E-state index in [1.165, 1.54) is 242 Å². The fourth-order valence-corrected chi connectivity index (χ4v) is 8.41. The van der Waals surface area contributed by atoms with E-state index in [1.807, 2.05) is 0 Å². The molecule has 2 atom stereocenters. The summed E-state index contributed by atoms with van der Waals surface area (Å²) in [6.45, 7) is 18.3. The number of unbranched alkanes of at least 4 members (excludes halogenated alkanes) is 18. The van der Waals surface area contributed by atoms with Gasteiger partial charge in [-0.3, -0.25) is 0 Å². The molecule has 0 aromatic rings. The minimum atomic E-state index is 0.697. The maximum Gasteiger partial charge on any atom is 0.0242 e. The molecule has 0 bridgehead atoms. The molecule has 0 saturated carbocycles. The summed E-state index contributed by atoms with van der Waals surface area (Å²) in [6.07, 6.45) is 49.8. The van der Waals surface area contributed by atoms with Crippen molar-refractivity contribution in [3.05, 3.63) is 24.3 Å². The van der Waals surface area contributed by atoms with Gasteiger partial charge in [0.1, 0.15) is 0 Å². The molecule has 52 heavy (non-hydrogen) atoms. The summed E-state index contributed by atoms with van der Waals surface area (Å²) in [5, 5.41) is 4.81. The van der Waals surface area contributed by atoms with Gasteiger partial charge >= 0.3 is 0 Å². The fraction of sp³-hybridized carbons (Fsp3) is 0.920. The van der Waals surface area contributed by atoms with E-state index in [4.69, 9.17) is 0 Å². The van der Waals surface area contributed by atoms with Gasteiger partial charge in [0.15, 0.2) is 0 Å². The predicted octanol–water partition coefficient (Wildman–Crippen LogP) is 17.2. The van der Waals surface area contributed by atoms with Crippen LogP contribution < -0.4 is 0 Å². The van der Waals surface area contributed by atoms with Crippen molar-refractivity contribution in [1.29, 1.82) is 0 Å². The predicted molar refractivity (Wildman–Crippen MR) is 239 cm³/mol. The Morgan fingerprint density at radius 1 is 0.346 bits per heavy atom. The van der Waals surface area contributed by atoms with Crippen molar-refractivity contribution >= 4 is 0 Å². The smallest absolute Gasteiger partial charge is 0.0242 e. The van der Waals surface area contributed by atoms with E-state index in [-0.39, 0.29) is 0 Å². The molecule has 2 unspecified atom stereocenters. The first-order valence-electron chi connectivity index (χ1n) is 24.0. The molecule has 0 aromatic heterocycles. The highest BCUT2D eigenvalue weighted by atomic mass is 15.6. The van der Waals surface area contributed by atoms with Gasteiger partial charge in [-0.05, 0) is 76.0 Å². The molecule has 0 heterocycles. The molecule has 0 aliphatic rings. The van der Waals surface area contributed by atoms with Crippen molar-refractivity contribution in [3.63, 3.8) is 0 Å². The molecular weight excluding hydrogens is 629 g/mol. The van der Waals surface area contributed by atoms with Crippen molar-refractivity contribution in [2.24, 2.45) is 11.8 Å². The molecule has 0 N–H and O–H groups in total. The van der Waals surface area contributed by atoms with Gasteiger partial charge in [-0.2, -0.15) is 0 Å². The van der Waals surface area contributed by atoms with Gasteiger partial charge in [-0.1, -0.05) is 219 Å². The molecule has 0 amide bonds. The normalized spacial score (nSPS) is 13.6. The van der Waals surface area contributed by atoms with E-state index in [0.717, 1.165) is 11.8 Å². The second kappa shape index (κ2) is 38.7. The van der Waals surface area contributed by atoms with Gasteiger partial charge in [0.05, 0.1) is 0 Å². The van der Waals surface area contributed by atoms with Crippen LogP contribution in [0, 0.1) is 11.8 Å². The molecule has 0 fully saturated rings. The van der Waals surface area contributed by atoms with Gasteiger partial charge in [-0.15, -0.1) is 0 Å². The maximum absolute atomic E-state index is 4.49. The average Bonchev–Trinajstić information content (AvgIpc) is 3.14. The molecule has 0 radical (unpaired) electrons. The van der Waals surface area contributed by atoms with Crippen molar-refractivity contribution in [2.75, 3.05) is 21.1 Å². The number of allylic oxidation sites excluding steroid dienone is 2. The summed E-state index contributed by atoms with van der Waals surface area (Å²) < 4.78 is 0. The molecule has 2 nitrogen and oxygen atoms in total. The molecule has 310 valence electrons. The van der Waals surface area contributed by atoms with Crippen molar-refractivity contribution in [2.45, 2.75) is 265 Å². The maximum atomic E-state index is 4.49. The third kappa shape index (κ3) is 32.8. The first-order chi connectivity index (χ1) is 25.3. The standard InChI is InChI=1S/C50H100N2/c1-10-14-18-30-38-48(36-16-12-3)44-42-46(5)34-28-24-20-22-26-32-40-50(52(9)51(7)8)41-33-27-23-21-25-29-35-47(6)43-45-49(37-17-13-4)39-31-19-15-11-2/h48-50H,5-6,10-45H2,1-4,7-9H3. The van der Waals surface area contributed by atoms with Gasteiger partial charge < -0.3 is 0 Å². The molecule has 0 saturated heterocycles. The highest BCUT2D eigenvalue weighted by Gasteiger charge is 2.16. The summed E-state index contributed by atoms with van der Waals surface area (Å²) in [5.74, 6) is 1.89. The van der Waals surface area contributed by atoms with Gasteiger partial charge in [-0.25, -0.2) is 10.0 Å². The summed E-state index contributed by atoms with van der Waals surface area (Å²) in [6, 6.07) is 0.697. The van der Waals surface area contributed by atoms with Crippen LogP contribution in [-0.4, -0.2) is 37.2 Å². The van der Waals surface area contributed by atoms with Gasteiger partial charge in [0.25, 0.3) is 0 Å². The Balaban J connectivity index is 4.07. The molecule has 0 spiro atoms. The Bertz CT molecular complexity index is 699. The topological polar surface area (TPSA) is 6.48 Å². The summed E-state index contributed by atoms with van der Waals surface area (Å²) in [7, 11) is 6.74. The quantitative estimate of drug-likeness (QED) is 0.0351. The third-order valence-corrected chi connectivity index (χ3v) is 12.5. The Hall–Kier alpha value is -0.600. The van der Waals surface area contributed by atoms with E-state index in [1.54, 1.807) is 0 Å². The zero-order valence-electron chi connectivity index (χ0n) is 37.5. The Labute approximate surface area is 331 Å². The van der Waals surface area contributed by atoms with E-state index < -0.39 is 0 Å². The van der Waals surface area contributed by atoms with E-state index in [0.29, 0.717) is 6.04 Å². The van der Waals surface area contributed by atoms with Crippen LogP contribution in [0.4, 0.5) is 0 Å². The zero-order valence-corrected chi connectivity index (χ0v) is 37.5. The highest BCUT2D eigenvalue weighted by molar-refractivity contribution is 4.95. The molecule has 0 aromatic carbocycles. The SMILES string of the molecule is C=C(CCCCCCCCC(CCCCCCCCC(=C)CCC(CCCC)CCCCCC)N(C)N(C)C)CCC(CCCC)CCCCCC. The Morgan fingerprint density at radius 3 is 1.02 bits per heavy atom. The van der Waals surface area contributed by atoms with Gasteiger partial charge in [0.2, 0.25) is 0 Å². The number of rotatable bonds is 42. The Kier molecular flexibility index (Phi) is 38.2. The molecular formula is C50H100N2. The second-order valence-electron chi connectivity index (χ2n) is 17.7. The van der Waals surface area contributed by atoms with Crippen molar-refractivity contribution in [1.82, 2.24) is 10.0 Å². The monoisotopic (exact) mass is 729 g/mol. The average molecular weight is 729 g/mol. The van der Waals surface area contributed by atoms with Crippen LogP contribution in [0.25, 0.3) is 0 Å². The molecule has 0 rings (SSSR count). The minimum Gasteiger partial charge on any atom is -0.248 e. The third-order valence-electron chi connectivity index (χ3n) is 12.5. The van der Waals surface area contributed by atoms with Crippen LogP contribution in [0.2, 0.25) is 0 Å². The first kappa shape index (κ1) is 51.4. The van der Waals surface area contributed by atoms with Crippen LogP contribution in [0.1, 0.15) is 259 Å². The highest BCUT2D eigenvalue weighted by Crippen LogP contribution is 2.27. The summed E-state index contributed by atoms with van der Waals surface area (Å²) in [5.41, 5.74) is 3.06. The van der Waals surface area contributed by atoms with Crippen molar-refractivity contribution in [3.8, 4) is 0 Å². The largest absolute Gasteiger partial charge is 0.248 e. The van der Waals surface area contributed by atoms with Crippen LogP contribution in [0.5, 0.6) is 0 Å². The lowest BCUT2D eigenvalue weighted by Crippen LogP contribution is -2.41. The van der Waals surface area contributed by atoms with Crippen molar-refractivity contribution < 1.29 is 0 Å². The summed E-state index contributed by atoms with van der Waals surface area (Å²) >= 11 is 0. The van der Waals surface area contributed by atoms with Gasteiger partial charge in [0, 0.05) is 27.2 Å². The van der Waals surface area contributed by atoms with Crippen LogP contribution in [0.3, 0.4) is 0 Å². The van der Waals surface area contributed by atoms with E-state index >= 15 is 0 Å². The number of hydrogen-bond acceptors (Lipinski definition) is 2. The molecule has 2 heteroatoms. The van der Waals surface area contributed by atoms with Crippen LogP contribution in [0.15, 0.2) is 24.3 Å². The van der Waals surface area contributed by atoms with E-state index in [2.05, 4.69) is 72.0 Å². The van der Waals surface area contributed by atoms with E-state index in [9.17, 15) is 0 Å². The first-order valence-corrected chi connectivity index (χ1v) is 24.0. The van der Waals surface area contributed by atoms with Crippen LogP contribution >= 0.6 is 0 Å². The number of nitrogens with zero attached hydrogens (tertiary/aromatic N) is 2. The lowest BCUT2D eigenvalue weighted by atomic mass is 9.89. The molecule has 0 aliphatic carbocycles. The fourth-order valence-electron chi connectivity index (χ4n) is 8.41. The summed E-state index contributed by atoms with van der Waals surface area (Å²) in [4.78, 5) is 0. The lowest BCUT2D eigenvalue weighted by molar-refractivity contribution is 0.00108. The number of hydrogen-bond donors (Lipinski definition) is 0. The Morgan fingerprint density at radius 2 is 0.654 bits per heavy atom. The van der Waals surface area contributed by atoms with Crippen LogP contribution in [-0.2, 0) is 0 Å².